The predicted molar refractivity (Wildman–Crippen MR) is 131 cm³/mol. The van der Waals surface area contributed by atoms with Gasteiger partial charge in [0.2, 0.25) is 0 Å². The molecule has 36 heavy (non-hydrogen) atoms. The van der Waals surface area contributed by atoms with Gasteiger partial charge in [-0.15, -0.1) is 0 Å². The zero-order chi connectivity index (χ0) is 25.3. The second kappa shape index (κ2) is 8.30. The maximum atomic E-state index is 13.9. The Morgan fingerprint density at radius 1 is 0.972 bits per heavy atom. The van der Waals surface area contributed by atoms with Gasteiger partial charge in [-0.25, -0.2) is 5.01 Å². The molecule has 2 bridgehead atoms. The Labute approximate surface area is 213 Å². The first-order valence-corrected chi connectivity index (χ1v) is 12.5. The van der Waals surface area contributed by atoms with Gasteiger partial charge in [0.25, 0.3) is 17.7 Å². The van der Waals surface area contributed by atoms with E-state index in [1.165, 1.54) is 20.1 Å². The summed E-state index contributed by atoms with van der Waals surface area (Å²) in [4.78, 5) is 55.1. The summed E-state index contributed by atoms with van der Waals surface area (Å²) < 4.78 is 5.17. The van der Waals surface area contributed by atoms with Crippen LogP contribution in [0.3, 0.4) is 0 Å². The van der Waals surface area contributed by atoms with Gasteiger partial charge in [0.05, 0.1) is 29.5 Å². The summed E-state index contributed by atoms with van der Waals surface area (Å²) in [6.45, 7) is 1.54. The lowest BCUT2D eigenvalue weighted by atomic mass is 9.63. The first-order valence-electron chi connectivity index (χ1n) is 12.2. The number of halogens is 1. The summed E-state index contributed by atoms with van der Waals surface area (Å²) in [6.07, 6.45) is 5.17. The summed E-state index contributed by atoms with van der Waals surface area (Å²) in [5.41, 5.74) is 0.452. The SMILES string of the molecule is COc1ccc(C(=O)[C@H](C)N(C(=O)c2ccccc2Cl)N2C(=O)[C@@H]3[C@H]4C=C[C@@H]([C@@H]5C[C@H]45)[C@H]3C2=O)cc1. The molecule has 0 radical (unpaired) electrons. The van der Waals surface area contributed by atoms with E-state index in [0.717, 1.165) is 16.4 Å². The Bertz CT molecular complexity index is 1290. The number of hydrazine groups is 1. The summed E-state index contributed by atoms with van der Waals surface area (Å²) >= 11 is 6.34. The van der Waals surface area contributed by atoms with Gasteiger partial charge in [-0.2, -0.15) is 5.01 Å². The van der Waals surface area contributed by atoms with Gasteiger partial charge in [-0.1, -0.05) is 35.9 Å². The van der Waals surface area contributed by atoms with Gasteiger partial charge < -0.3 is 4.74 Å². The largest absolute Gasteiger partial charge is 0.497 e. The van der Waals surface area contributed by atoms with Crippen LogP contribution in [0.1, 0.15) is 34.1 Å². The van der Waals surface area contributed by atoms with E-state index < -0.39 is 41.4 Å². The fourth-order valence-corrected chi connectivity index (χ4v) is 6.68. The first kappa shape index (κ1) is 23.0. The van der Waals surface area contributed by atoms with Gasteiger partial charge in [0.1, 0.15) is 11.8 Å². The first-order chi connectivity index (χ1) is 17.3. The molecule has 4 aliphatic carbocycles. The molecule has 2 aromatic rings. The average molecular weight is 505 g/mol. The molecule has 7 nitrogen and oxygen atoms in total. The minimum Gasteiger partial charge on any atom is -0.497 e. The third kappa shape index (κ3) is 3.25. The maximum Gasteiger partial charge on any atom is 0.275 e. The van der Waals surface area contributed by atoms with E-state index in [-0.39, 0.29) is 22.4 Å². The number of nitrogens with zero attached hydrogens (tertiary/aromatic N) is 2. The third-order valence-corrected chi connectivity index (χ3v) is 8.62. The van der Waals surface area contributed by atoms with E-state index in [9.17, 15) is 19.2 Å². The van der Waals surface area contributed by atoms with Gasteiger partial charge in [-0.3, -0.25) is 19.2 Å². The topological polar surface area (TPSA) is 84.0 Å². The molecule has 0 spiro atoms. The molecule has 1 aliphatic heterocycles. The molecule has 7 atom stereocenters. The van der Waals surface area contributed by atoms with Crippen molar-refractivity contribution in [2.24, 2.45) is 35.5 Å². The number of benzene rings is 2. The molecule has 2 aromatic carbocycles. The van der Waals surface area contributed by atoms with E-state index >= 15 is 0 Å². The number of hydrogen-bond donors (Lipinski definition) is 0. The monoisotopic (exact) mass is 504 g/mol. The third-order valence-electron chi connectivity index (χ3n) is 8.29. The van der Waals surface area contributed by atoms with E-state index in [2.05, 4.69) is 12.2 Å². The Kier molecular flexibility index (Phi) is 5.30. The van der Waals surface area contributed by atoms with Gasteiger partial charge in [0, 0.05) is 5.56 Å². The Morgan fingerprint density at radius 2 is 1.56 bits per heavy atom. The number of carbonyl (C=O) groups is 4. The van der Waals surface area contributed by atoms with Gasteiger partial charge in [0.15, 0.2) is 5.78 Å². The number of imide groups is 1. The van der Waals surface area contributed by atoms with Crippen LogP contribution in [0.5, 0.6) is 5.75 Å². The van der Waals surface area contributed by atoms with Crippen LogP contribution < -0.4 is 4.74 Å². The lowest BCUT2D eigenvalue weighted by molar-refractivity contribution is -0.156. The van der Waals surface area contributed by atoms with Crippen LogP contribution in [-0.2, 0) is 9.59 Å². The zero-order valence-electron chi connectivity index (χ0n) is 19.8. The van der Waals surface area contributed by atoms with E-state index in [1.807, 2.05) is 0 Å². The minimum atomic E-state index is -1.13. The molecular weight excluding hydrogens is 480 g/mol. The van der Waals surface area contributed by atoms with Crippen molar-refractivity contribution in [1.29, 1.82) is 0 Å². The number of ketones is 1. The molecule has 0 N–H and O–H groups in total. The molecule has 184 valence electrons. The number of amides is 3. The molecule has 1 saturated heterocycles. The molecule has 2 saturated carbocycles. The Hall–Kier alpha value is -3.45. The van der Waals surface area contributed by atoms with E-state index in [4.69, 9.17) is 16.3 Å². The summed E-state index contributed by atoms with van der Waals surface area (Å²) in [5.74, 6) is -1.48. The smallest absolute Gasteiger partial charge is 0.275 e. The molecule has 8 heteroatoms. The Morgan fingerprint density at radius 3 is 2.11 bits per heavy atom. The highest BCUT2D eigenvalue weighted by Crippen LogP contribution is 2.65. The molecule has 0 aromatic heterocycles. The van der Waals surface area contributed by atoms with Crippen molar-refractivity contribution < 1.29 is 23.9 Å². The second-order valence-electron chi connectivity index (χ2n) is 10.0. The quantitative estimate of drug-likeness (QED) is 0.337. The highest BCUT2D eigenvalue weighted by atomic mass is 35.5. The number of hydrogen-bond acceptors (Lipinski definition) is 5. The van der Waals surface area contributed by atoms with Crippen molar-refractivity contribution in [3.63, 3.8) is 0 Å². The fourth-order valence-electron chi connectivity index (χ4n) is 6.46. The average Bonchev–Trinajstić information content (AvgIpc) is 3.68. The molecule has 7 rings (SSSR count). The van der Waals surface area contributed by atoms with Gasteiger partial charge >= 0.3 is 0 Å². The summed E-state index contributed by atoms with van der Waals surface area (Å²) in [5, 5.41) is 2.16. The normalized spacial score (nSPS) is 30.0. The Balaban J connectivity index is 1.40. The van der Waals surface area contributed by atoms with Crippen molar-refractivity contribution in [2.45, 2.75) is 19.4 Å². The van der Waals surface area contributed by atoms with Crippen molar-refractivity contribution in [3.8, 4) is 5.75 Å². The lowest BCUT2D eigenvalue weighted by Gasteiger charge is -2.37. The molecule has 3 amide bonds. The number of carbonyl (C=O) groups excluding carboxylic acids is 4. The molecule has 0 unspecified atom stereocenters. The van der Waals surface area contributed by atoms with Crippen LogP contribution >= 0.6 is 11.6 Å². The van der Waals surface area contributed by atoms with Crippen molar-refractivity contribution in [3.05, 3.63) is 76.8 Å². The standard InChI is InChI=1S/C28H25ClN2O5/c1-14(25(32)15-7-9-16(36-2)10-8-15)30(26(33)19-5-3-4-6-22(19)29)31-27(34)23-17-11-12-18(21-13-20(17)21)24(23)28(31)35/h3-12,14,17-18,20-21,23-24H,13H2,1-2H3/t14-,17-,18-,20-,21+,23+,24+/m0/s1. The maximum absolute atomic E-state index is 13.9. The highest BCUT2D eigenvalue weighted by molar-refractivity contribution is 6.34. The van der Waals surface area contributed by atoms with Crippen LogP contribution in [-0.4, -0.2) is 46.7 Å². The van der Waals surface area contributed by atoms with Crippen molar-refractivity contribution >= 4 is 35.1 Å². The number of allylic oxidation sites excluding steroid dienone is 2. The van der Waals surface area contributed by atoms with Crippen molar-refractivity contribution in [2.75, 3.05) is 7.11 Å². The summed E-state index contributed by atoms with van der Waals surface area (Å²) in [6, 6.07) is 11.8. The molecule has 1 heterocycles. The van der Waals surface area contributed by atoms with Crippen molar-refractivity contribution in [1.82, 2.24) is 10.0 Å². The van der Waals surface area contributed by atoms with E-state index in [1.54, 1.807) is 42.5 Å². The van der Waals surface area contributed by atoms with Crippen LogP contribution in [0.15, 0.2) is 60.7 Å². The molecular formula is C28H25ClN2O5. The lowest BCUT2D eigenvalue weighted by Crippen LogP contribution is -2.56. The zero-order valence-corrected chi connectivity index (χ0v) is 20.6. The van der Waals surface area contributed by atoms with Crippen LogP contribution in [0.2, 0.25) is 5.02 Å². The van der Waals surface area contributed by atoms with Crippen LogP contribution in [0.25, 0.3) is 0 Å². The van der Waals surface area contributed by atoms with E-state index in [0.29, 0.717) is 23.1 Å². The number of rotatable bonds is 6. The number of methoxy groups -OCH3 is 1. The summed E-state index contributed by atoms with van der Waals surface area (Å²) in [7, 11) is 1.53. The van der Waals surface area contributed by atoms with Crippen LogP contribution in [0, 0.1) is 35.5 Å². The van der Waals surface area contributed by atoms with Crippen LogP contribution in [0.4, 0.5) is 0 Å². The van der Waals surface area contributed by atoms with Gasteiger partial charge in [-0.05, 0) is 73.4 Å². The second-order valence-corrected chi connectivity index (χ2v) is 10.4. The highest BCUT2D eigenvalue weighted by Gasteiger charge is 2.68. The fraction of sp³-hybridized carbons (Fsp3) is 0.357. The molecule has 3 fully saturated rings. The minimum absolute atomic E-state index is 0.00342. The number of Topliss-reactive ketones (excluding diaryl/α,β-unsaturated/α-hetero) is 1. The molecule has 5 aliphatic rings. The number of ether oxygens (including phenoxy) is 1. The predicted octanol–water partition coefficient (Wildman–Crippen LogP) is 4.03.